The fourth-order valence-corrected chi connectivity index (χ4v) is 2.13. The van der Waals surface area contributed by atoms with Crippen molar-refractivity contribution < 1.29 is 31.1 Å². The molecule has 1 aliphatic rings. The maximum atomic E-state index is 12.4. The molecule has 1 heterocycles. The number of piperidine rings is 1. The predicted molar refractivity (Wildman–Crippen MR) is 58.9 cm³/mol. The summed E-state index contributed by atoms with van der Waals surface area (Å²) in [6.45, 7) is -0.573. The molecule has 1 fully saturated rings. The fourth-order valence-electron chi connectivity index (χ4n) is 2.13. The predicted octanol–water partition coefficient (Wildman–Crippen LogP) is 2.33. The van der Waals surface area contributed by atoms with Crippen LogP contribution < -0.4 is 5.32 Å². The Morgan fingerprint density at radius 2 is 1.80 bits per heavy atom. The lowest BCUT2D eigenvalue weighted by molar-refractivity contribution is -0.182. The van der Waals surface area contributed by atoms with Crippen molar-refractivity contribution >= 4 is 5.91 Å². The summed E-state index contributed by atoms with van der Waals surface area (Å²) in [6.07, 6.45) is -9.24. The Labute approximate surface area is 112 Å². The van der Waals surface area contributed by atoms with Crippen LogP contribution in [0.3, 0.4) is 0 Å². The third kappa shape index (κ3) is 4.84. The first-order valence-corrected chi connectivity index (χ1v) is 6.20. The van der Waals surface area contributed by atoms with E-state index in [2.05, 4.69) is 5.32 Å². The second-order valence-corrected chi connectivity index (χ2v) is 4.74. The number of nitrogens with one attached hydrogen (secondary N) is 1. The van der Waals surface area contributed by atoms with Gasteiger partial charge in [-0.15, -0.1) is 0 Å². The number of nitrogens with zero attached hydrogens (tertiary/aromatic N) is 1. The molecule has 0 saturated carbocycles. The highest BCUT2D eigenvalue weighted by Crippen LogP contribution is 2.32. The average Bonchev–Trinajstić information content (AvgIpc) is 2.33. The van der Waals surface area contributed by atoms with E-state index in [1.807, 2.05) is 0 Å². The Morgan fingerprint density at radius 1 is 1.20 bits per heavy atom. The van der Waals surface area contributed by atoms with Crippen molar-refractivity contribution in [2.45, 2.75) is 38.2 Å². The SMILES string of the molecule is CCN(CC(F)(F)F)C(=O)C1CCC(C(F)(F)F)CN1. The Kier molecular flexibility index (Phi) is 5.28. The Morgan fingerprint density at radius 3 is 2.15 bits per heavy atom. The van der Waals surface area contributed by atoms with Gasteiger partial charge in [-0.05, 0) is 19.8 Å². The zero-order valence-electron chi connectivity index (χ0n) is 10.8. The summed E-state index contributed by atoms with van der Waals surface area (Å²) in [4.78, 5) is 12.4. The van der Waals surface area contributed by atoms with E-state index >= 15 is 0 Å². The van der Waals surface area contributed by atoms with Crippen LogP contribution in [-0.2, 0) is 4.79 Å². The van der Waals surface area contributed by atoms with Gasteiger partial charge in [0.15, 0.2) is 0 Å². The quantitative estimate of drug-likeness (QED) is 0.812. The number of carbonyl (C=O) groups is 1. The van der Waals surface area contributed by atoms with Gasteiger partial charge in [-0.25, -0.2) is 0 Å². The molecule has 0 aromatic carbocycles. The monoisotopic (exact) mass is 306 g/mol. The highest BCUT2D eigenvalue weighted by molar-refractivity contribution is 5.82. The fraction of sp³-hybridized carbons (Fsp3) is 0.909. The molecule has 1 saturated heterocycles. The van der Waals surface area contributed by atoms with Gasteiger partial charge in [0.1, 0.15) is 6.54 Å². The number of hydrogen-bond acceptors (Lipinski definition) is 2. The van der Waals surface area contributed by atoms with Gasteiger partial charge in [0, 0.05) is 13.1 Å². The number of likely N-dealkylation sites (N-methyl/N-ethyl adjacent to an activating group) is 1. The highest BCUT2D eigenvalue weighted by atomic mass is 19.4. The lowest BCUT2D eigenvalue weighted by Gasteiger charge is -2.33. The Balaban J connectivity index is 2.57. The number of halogens is 6. The number of hydrogen-bond donors (Lipinski definition) is 1. The van der Waals surface area contributed by atoms with E-state index in [4.69, 9.17) is 0 Å². The molecule has 0 aliphatic carbocycles. The number of carbonyl (C=O) groups excluding carboxylic acids is 1. The normalized spacial score (nSPS) is 24.6. The van der Waals surface area contributed by atoms with Gasteiger partial charge in [0.25, 0.3) is 0 Å². The summed E-state index contributed by atoms with van der Waals surface area (Å²) >= 11 is 0. The third-order valence-corrected chi connectivity index (χ3v) is 3.24. The van der Waals surface area contributed by atoms with Crippen LogP contribution in [0.25, 0.3) is 0 Å². The third-order valence-electron chi connectivity index (χ3n) is 3.24. The second-order valence-electron chi connectivity index (χ2n) is 4.74. The van der Waals surface area contributed by atoms with E-state index in [0.717, 1.165) is 0 Å². The maximum absolute atomic E-state index is 12.4. The minimum Gasteiger partial charge on any atom is -0.333 e. The average molecular weight is 306 g/mol. The first-order chi connectivity index (χ1) is 9.04. The molecule has 0 aromatic rings. The van der Waals surface area contributed by atoms with Gasteiger partial charge in [0.05, 0.1) is 12.0 Å². The second kappa shape index (κ2) is 6.19. The smallest absolute Gasteiger partial charge is 0.333 e. The molecule has 118 valence electrons. The van der Waals surface area contributed by atoms with Gasteiger partial charge in [-0.3, -0.25) is 4.79 Å². The highest BCUT2D eigenvalue weighted by Gasteiger charge is 2.43. The van der Waals surface area contributed by atoms with Crippen molar-refractivity contribution in [1.82, 2.24) is 10.2 Å². The summed E-state index contributed by atoms with van der Waals surface area (Å²) in [5, 5.41) is 2.40. The van der Waals surface area contributed by atoms with Crippen molar-refractivity contribution in [3.8, 4) is 0 Å². The molecule has 20 heavy (non-hydrogen) atoms. The van der Waals surface area contributed by atoms with Gasteiger partial charge < -0.3 is 10.2 Å². The molecule has 0 aromatic heterocycles. The molecular weight excluding hydrogens is 290 g/mol. The van der Waals surface area contributed by atoms with E-state index in [0.29, 0.717) is 4.90 Å². The zero-order valence-corrected chi connectivity index (χ0v) is 10.8. The van der Waals surface area contributed by atoms with Crippen molar-refractivity contribution in [2.75, 3.05) is 19.6 Å². The van der Waals surface area contributed by atoms with Gasteiger partial charge in [-0.1, -0.05) is 0 Å². The molecule has 0 spiro atoms. The minimum absolute atomic E-state index is 0.114. The molecule has 1 amide bonds. The summed E-state index contributed by atoms with van der Waals surface area (Å²) in [5.41, 5.74) is 0. The largest absolute Gasteiger partial charge is 0.406 e. The van der Waals surface area contributed by atoms with E-state index < -0.39 is 43.3 Å². The Hall–Kier alpha value is -0.990. The van der Waals surface area contributed by atoms with Crippen molar-refractivity contribution in [2.24, 2.45) is 5.92 Å². The topological polar surface area (TPSA) is 32.3 Å². The van der Waals surface area contributed by atoms with E-state index in [-0.39, 0.29) is 19.4 Å². The van der Waals surface area contributed by atoms with Crippen LogP contribution in [-0.4, -0.2) is 48.8 Å². The summed E-state index contributed by atoms with van der Waals surface area (Å²) in [7, 11) is 0. The van der Waals surface area contributed by atoms with Crippen molar-refractivity contribution in [3.05, 3.63) is 0 Å². The molecule has 2 atom stereocenters. The van der Waals surface area contributed by atoms with Crippen LogP contribution in [0.1, 0.15) is 19.8 Å². The van der Waals surface area contributed by atoms with E-state index in [1.165, 1.54) is 6.92 Å². The molecule has 1 aliphatic heterocycles. The molecule has 2 unspecified atom stereocenters. The molecule has 3 nitrogen and oxygen atoms in total. The van der Waals surface area contributed by atoms with Crippen molar-refractivity contribution in [3.63, 3.8) is 0 Å². The van der Waals surface area contributed by atoms with Gasteiger partial charge in [-0.2, -0.15) is 26.3 Å². The minimum atomic E-state index is -4.52. The molecular formula is C11H16F6N2O. The summed E-state index contributed by atoms with van der Waals surface area (Å²) < 4.78 is 74.1. The first kappa shape index (κ1) is 17.1. The maximum Gasteiger partial charge on any atom is 0.406 e. The zero-order chi connectivity index (χ0) is 15.6. The van der Waals surface area contributed by atoms with E-state index in [1.54, 1.807) is 0 Å². The van der Waals surface area contributed by atoms with Crippen LogP contribution in [0.5, 0.6) is 0 Å². The van der Waals surface area contributed by atoms with Crippen LogP contribution in [0.15, 0.2) is 0 Å². The van der Waals surface area contributed by atoms with Gasteiger partial charge >= 0.3 is 12.4 Å². The molecule has 0 radical (unpaired) electrons. The van der Waals surface area contributed by atoms with Crippen LogP contribution >= 0.6 is 0 Å². The standard InChI is InChI=1S/C11H16F6N2O/c1-2-19(6-10(12,13)14)9(20)8-4-3-7(5-18-8)11(15,16)17/h7-8,18H,2-6H2,1H3. The molecule has 9 heteroatoms. The van der Waals surface area contributed by atoms with Gasteiger partial charge in [0.2, 0.25) is 5.91 Å². The summed E-state index contributed by atoms with van der Waals surface area (Å²) in [5.74, 6) is -2.35. The number of rotatable bonds is 3. The molecule has 0 bridgehead atoms. The Bertz CT molecular complexity index is 333. The molecule has 1 N–H and O–H groups in total. The van der Waals surface area contributed by atoms with Crippen LogP contribution in [0.2, 0.25) is 0 Å². The molecule has 1 rings (SSSR count). The van der Waals surface area contributed by atoms with Crippen molar-refractivity contribution in [1.29, 1.82) is 0 Å². The van der Waals surface area contributed by atoms with Crippen LogP contribution in [0, 0.1) is 5.92 Å². The first-order valence-electron chi connectivity index (χ1n) is 6.20. The van der Waals surface area contributed by atoms with E-state index in [9.17, 15) is 31.1 Å². The summed E-state index contributed by atoms with van der Waals surface area (Å²) in [6, 6.07) is -0.976. The lowest BCUT2D eigenvalue weighted by atomic mass is 9.93. The number of amides is 1. The van der Waals surface area contributed by atoms with Crippen LogP contribution in [0.4, 0.5) is 26.3 Å². The lowest BCUT2D eigenvalue weighted by Crippen LogP contribution is -2.53. The number of alkyl halides is 6.